The molecule has 158 valence electrons. The van der Waals surface area contributed by atoms with Gasteiger partial charge in [0.15, 0.2) is 11.5 Å². The minimum Gasteiger partial charge on any atom is -0.493 e. The normalized spacial score (nSPS) is 13.1. The third-order valence-corrected chi connectivity index (χ3v) is 5.40. The molecule has 2 aromatic rings. The average Bonchev–Trinajstić information content (AvgIpc) is 3.27. The first-order chi connectivity index (χ1) is 14.3. The van der Waals surface area contributed by atoms with Crippen LogP contribution < -0.4 is 14.2 Å². The van der Waals surface area contributed by atoms with E-state index in [1.807, 2.05) is 0 Å². The molecule has 0 atom stereocenters. The van der Waals surface area contributed by atoms with Gasteiger partial charge in [0.1, 0.15) is 10.6 Å². The van der Waals surface area contributed by atoms with Crippen LogP contribution in [0.3, 0.4) is 0 Å². The van der Waals surface area contributed by atoms with Crippen molar-refractivity contribution in [3.8, 4) is 17.2 Å². The molecule has 10 heteroatoms. The Kier molecular flexibility index (Phi) is 6.73. The fourth-order valence-electron chi connectivity index (χ4n) is 3.18. The Morgan fingerprint density at radius 1 is 1.13 bits per heavy atom. The first kappa shape index (κ1) is 21.8. The van der Waals surface area contributed by atoms with E-state index in [4.69, 9.17) is 38.0 Å². The van der Waals surface area contributed by atoms with Crippen molar-refractivity contribution in [1.29, 1.82) is 0 Å². The lowest BCUT2D eigenvalue weighted by molar-refractivity contribution is -0.385. The first-order valence-corrected chi connectivity index (χ1v) is 9.85. The summed E-state index contributed by atoms with van der Waals surface area (Å²) in [5, 5.41) is 11.4. The summed E-state index contributed by atoms with van der Waals surface area (Å²) in [5.41, 5.74) is -0.0136. The van der Waals surface area contributed by atoms with Crippen molar-refractivity contribution < 1.29 is 23.9 Å². The maximum atomic E-state index is 12.7. The molecule has 1 aliphatic heterocycles. The minimum absolute atomic E-state index is 0.00206. The van der Waals surface area contributed by atoms with Crippen molar-refractivity contribution in [2.24, 2.45) is 0 Å². The number of ether oxygens (including phenoxy) is 3. The molecule has 0 saturated carbocycles. The molecule has 0 amide bonds. The zero-order chi connectivity index (χ0) is 21.8. The molecule has 0 aliphatic carbocycles. The van der Waals surface area contributed by atoms with E-state index in [0.29, 0.717) is 10.6 Å². The SMILES string of the molecule is COc1cc(C(=S)N2CCCC2)cc(OC)c1OC(=O)c1ccc(Cl)cc1[N+](=O)[O-]. The number of nitro groups is 1. The number of halogens is 1. The number of hydrogen-bond acceptors (Lipinski definition) is 7. The predicted molar refractivity (Wildman–Crippen MR) is 115 cm³/mol. The third-order valence-electron chi connectivity index (χ3n) is 4.67. The Morgan fingerprint density at radius 3 is 2.27 bits per heavy atom. The van der Waals surface area contributed by atoms with E-state index in [-0.39, 0.29) is 27.8 Å². The van der Waals surface area contributed by atoms with Crippen molar-refractivity contribution in [2.75, 3.05) is 27.3 Å². The molecule has 0 bridgehead atoms. The second-order valence-electron chi connectivity index (χ2n) is 6.52. The number of methoxy groups -OCH3 is 2. The summed E-state index contributed by atoms with van der Waals surface area (Å²) >= 11 is 11.4. The number of carbonyl (C=O) groups excluding carboxylic acids is 1. The van der Waals surface area contributed by atoms with Crippen LogP contribution in [0.25, 0.3) is 0 Å². The fraction of sp³-hybridized carbons (Fsp3) is 0.300. The van der Waals surface area contributed by atoms with Gasteiger partial charge in [-0.2, -0.15) is 0 Å². The van der Waals surface area contributed by atoms with Crippen LogP contribution in [0.5, 0.6) is 17.2 Å². The van der Waals surface area contributed by atoms with Gasteiger partial charge in [-0.05, 0) is 37.1 Å². The quantitative estimate of drug-likeness (QED) is 0.212. The van der Waals surface area contributed by atoms with Crippen LogP contribution in [0.1, 0.15) is 28.8 Å². The summed E-state index contributed by atoms with van der Waals surface area (Å²) < 4.78 is 16.2. The van der Waals surface area contributed by atoms with Crippen molar-refractivity contribution in [3.05, 3.63) is 56.6 Å². The first-order valence-electron chi connectivity index (χ1n) is 9.07. The monoisotopic (exact) mass is 450 g/mol. The smallest absolute Gasteiger partial charge is 0.350 e. The van der Waals surface area contributed by atoms with E-state index in [1.54, 1.807) is 12.1 Å². The molecule has 0 radical (unpaired) electrons. The molecular formula is C20H19ClN2O6S. The number of thiocarbonyl (C=S) groups is 1. The second-order valence-corrected chi connectivity index (χ2v) is 7.34. The molecule has 0 aromatic heterocycles. The zero-order valence-corrected chi connectivity index (χ0v) is 17.9. The molecule has 30 heavy (non-hydrogen) atoms. The van der Waals surface area contributed by atoms with Crippen LogP contribution in [0, 0.1) is 10.1 Å². The summed E-state index contributed by atoms with van der Waals surface area (Å²) in [6.45, 7) is 1.75. The Labute approximate surface area is 183 Å². The zero-order valence-electron chi connectivity index (χ0n) is 16.3. The summed E-state index contributed by atoms with van der Waals surface area (Å²) in [5.74, 6) is -0.501. The topological polar surface area (TPSA) is 91.1 Å². The molecule has 3 rings (SSSR count). The van der Waals surface area contributed by atoms with Crippen LogP contribution in [0.4, 0.5) is 5.69 Å². The van der Waals surface area contributed by atoms with Gasteiger partial charge in [-0.1, -0.05) is 23.8 Å². The van der Waals surface area contributed by atoms with Crippen molar-refractivity contribution >= 4 is 40.5 Å². The molecule has 1 fully saturated rings. The number of hydrogen-bond donors (Lipinski definition) is 0. The summed E-state index contributed by atoms with van der Waals surface area (Å²) in [6.07, 6.45) is 2.15. The number of nitro benzene ring substituents is 1. The maximum Gasteiger partial charge on any atom is 0.350 e. The third kappa shape index (κ3) is 4.47. The van der Waals surface area contributed by atoms with Crippen LogP contribution in [0.2, 0.25) is 5.02 Å². The van der Waals surface area contributed by atoms with E-state index >= 15 is 0 Å². The Bertz CT molecular complexity index is 982. The fourth-order valence-corrected chi connectivity index (χ4v) is 3.65. The second kappa shape index (κ2) is 9.27. The average molecular weight is 451 g/mol. The molecule has 0 spiro atoms. The Morgan fingerprint density at radius 2 is 1.73 bits per heavy atom. The minimum atomic E-state index is -0.940. The van der Waals surface area contributed by atoms with Gasteiger partial charge >= 0.3 is 5.97 Å². The lowest BCUT2D eigenvalue weighted by Crippen LogP contribution is -2.26. The van der Waals surface area contributed by atoms with Gasteiger partial charge in [0, 0.05) is 29.7 Å². The van der Waals surface area contributed by atoms with E-state index in [1.165, 1.54) is 26.4 Å². The highest BCUT2D eigenvalue weighted by molar-refractivity contribution is 7.80. The number of rotatable bonds is 6. The van der Waals surface area contributed by atoms with Crippen LogP contribution in [0.15, 0.2) is 30.3 Å². The number of benzene rings is 2. The summed E-state index contributed by atoms with van der Waals surface area (Å²) in [6, 6.07) is 7.00. The van der Waals surface area contributed by atoms with Crippen LogP contribution in [-0.4, -0.2) is 48.1 Å². The van der Waals surface area contributed by atoms with E-state index < -0.39 is 16.6 Å². The number of esters is 1. The van der Waals surface area contributed by atoms with Crippen molar-refractivity contribution in [1.82, 2.24) is 4.90 Å². The standard InChI is InChI=1S/C20H19ClN2O6S/c1-27-16-9-12(19(30)22-7-3-4-8-22)10-17(28-2)18(16)29-20(24)14-6-5-13(21)11-15(14)23(25)26/h5-6,9-11H,3-4,7-8H2,1-2H3. The van der Waals surface area contributed by atoms with Crippen LogP contribution >= 0.6 is 23.8 Å². The highest BCUT2D eigenvalue weighted by Gasteiger charge is 2.26. The van der Waals surface area contributed by atoms with Crippen molar-refractivity contribution in [3.63, 3.8) is 0 Å². The molecule has 2 aromatic carbocycles. The number of nitrogens with zero attached hydrogens (tertiary/aromatic N) is 2. The van der Waals surface area contributed by atoms with Crippen molar-refractivity contribution in [2.45, 2.75) is 12.8 Å². The van der Waals surface area contributed by atoms with Gasteiger partial charge in [0.2, 0.25) is 5.75 Å². The molecule has 1 heterocycles. The van der Waals surface area contributed by atoms with Gasteiger partial charge in [-0.15, -0.1) is 0 Å². The maximum absolute atomic E-state index is 12.7. The van der Waals surface area contributed by atoms with E-state index in [9.17, 15) is 14.9 Å². The van der Waals surface area contributed by atoms with Gasteiger partial charge in [-0.3, -0.25) is 10.1 Å². The summed E-state index contributed by atoms with van der Waals surface area (Å²) in [4.78, 5) is 26.0. The molecule has 8 nitrogen and oxygen atoms in total. The number of carbonyl (C=O) groups is 1. The highest BCUT2D eigenvalue weighted by atomic mass is 35.5. The van der Waals surface area contributed by atoms with Gasteiger partial charge < -0.3 is 19.1 Å². The van der Waals surface area contributed by atoms with Gasteiger partial charge in [-0.25, -0.2) is 4.79 Å². The summed E-state index contributed by atoms with van der Waals surface area (Å²) in [7, 11) is 2.83. The predicted octanol–water partition coefficient (Wildman–Crippen LogP) is 4.26. The van der Waals surface area contributed by atoms with Gasteiger partial charge in [0.05, 0.1) is 19.1 Å². The number of likely N-dealkylation sites (tertiary alicyclic amines) is 1. The Balaban J connectivity index is 1.97. The Hall–Kier alpha value is -2.91. The van der Waals surface area contributed by atoms with E-state index in [2.05, 4.69) is 4.90 Å². The van der Waals surface area contributed by atoms with Crippen LogP contribution in [-0.2, 0) is 0 Å². The highest BCUT2D eigenvalue weighted by Crippen LogP contribution is 2.40. The molecule has 0 unspecified atom stereocenters. The van der Waals surface area contributed by atoms with E-state index in [0.717, 1.165) is 32.0 Å². The lowest BCUT2D eigenvalue weighted by atomic mass is 10.1. The molecule has 1 aliphatic rings. The molecule has 0 N–H and O–H groups in total. The molecule has 1 saturated heterocycles. The van der Waals surface area contributed by atoms with Gasteiger partial charge in [0.25, 0.3) is 5.69 Å². The molecular weight excluding hydrogens is 432 g/mol. The lowest BCUT2D eigenvalue weighted by Gasteiger charge is -2.21. The largest absolute Gasteiger partial charge is 0.493 e.